The van der Waals surface area contributed by atoms with E-state index in [0.29, 0.717) is 0 Å². The lowest BCUT2D eigenvalue weighted by molar-refractivity contribution is -0.139. The van der Waals surface area contributed by atoms with Crippen molar-refractivity contribution in [3.8, 4) is 0 Å². The molecule has 0 spiro atoms. The molecule has 0 fully saturated rings. The first-order valence-corrected chi connectivity index (χ1v) is 5.81. The van der Waals surface area contributed by atoms with E-state index in [4.69, 9.17) is 0 Å². The minimum Gasteiger partial charge on any atom is -0.481 e. The molecule has 0 saturated heterocycles. The van der Waals surface area contributed by atoms with E-state index in [1.54, 1.807) is 0 Å². The Morgan fingerprint density at radius 1 is 1.35 bits per heavy atom. The molecule has 1 heterocycles. The Hall–Kier alpha value is -1.77. The van der Waals surface area contributed by atoms with E-state index in [2.05, 4.69) is 4.98 Å². The highest BCUT2D eigenvalue weighted by Gasteiger charge is 2.24. The van der Waals surface area contributed by atoms with Gasteiger partial charge in [0.1, 0.15) is 0 Å². The fraction of sp³-hybridized carbons (Fsp3) is 0.357. The zero-order valence-electron chi connectivity index (χ0n) is 10.3. The van der Waals surface area contributed by atoms with Crippen LogP contribution in [0.2, 0.25) is 0 Å². The van der Waals surface area contributed by atoms with Crippen LogP contribution in [-0.4, -0.2) is 16.1 Å². The van der Waals surface area contributed by atoms with Gasteiger partial charge in [-0.2, -0.15) is 0 Å². The van der Waals surface area contributed by atoms with Gasteiger partial charge in [0.15, 0.2) is 0 Å². The van der Waals surface area contributed by atoms with Crippen LogP contribution in [0.5, 0.6) is 0 Å². The first-order valence-electron chi connectivity index (χ1n) is 5.81. The third kappa shape index (κ3) is 2.05. The van der Waals surface area contributed by atoms with Crippen LogP contribution in [0, 0.1) is 12.8 Å². The first kappa shape index (κ1) is 11.7. The van der Waals surface area contributed by atoms with Gasteiger partial charge in [-0.15, -0.1) is 0 Å². The Morgan fingerprint density at radius 2 is 2.06 bits per heavy atom. The molecule has 1 aromatic carbocycles. The number of aromatic amines is 1. The molecule has 0 aliphatic heterocycles. The Balaban J connectivity index is 2.57. The summed E-state index contributed by atoms with van der Waals surface area (Å²) in [7, 11) is 0. The normalized spacial score (nSPS) is 13.2. The molecule has 2 aromatic rings. The van der Waals surface area contributed by atoms with Crippen molar-refractivity contribution in [2.75, 3.05) is 0 Å². The molecule has 0 aliphatic carbocycles. The molecule has 0 amide bonds. The lowest BCUT2D eigenvalue weighted by Gasteiger charge is -2.17. The minimum atomic E-state index is -0.755. The fourth-order valence-electron chi connectivity index (χ4n) is 2.38. The molecule has 0 aliphatic rings. The van der Waals surface area contributed by atoms with Crippen LogP contribution in [0.15, 0.2) is 24.4 Å². The van der Waals surface area contributed by atoms with Crippen molar-refractivity contribution in [1.29, 1.82) is 0 Å². The van der Waals surface area contributed by atoms with E-state index >= 15 is 0 Å². The number of aliphatic carboxylic acids is 1. The fourth-order valence-corrected chi connectivity index (χ4v) is 2.38. The molecule has 0 radical (unpaired) electrons. The van der Waals surface area contributed by atoms with Crippen LogP contribution in [-0.2, 0) is 4.79 Å². The molecular weight excluding hydrogens is 214 g/mol. The number of carbonyl (C=O) groups is 1. The average Bonchev–Trinajstić information content (AvgIpc) is 2.64. The Bertz CT molecular complexity index is 554. The summed E-state index contributed by atoms with van der Waals surface area (Å²) in [4.78, 5) is 14.5. The van der Waals surface area contributed by atoms with E-state index < -0.39 is 11.9 Å². The Labute approximate surface area is 100 Å². The van der Waals surface area contributed by atoms with Gasteiger partial charge in [0.05, 0.1) is 5.92 Å². The molecular formula is C14H17NO2. The number of rotatable bonds is 3. The summed E-state index contributed by atoms with van der Waals surface area (Å²) in [6.45, 7) is 5.88. The minimum absolute atomic E-state index is 0.0864. The SMILES string of the molecule is Cc1cc(C(C(=O)O)C(C)C)cc2cc[nH]c12. The quantitative estimate of drug-likeness (QED) is 0.851. The molecule has 17 heavy (non-hydrogen) atoms. The van der Waals surface area contributed by atoms with Gasteiger partial charge in [-0.05, 0) is 41.5 Å². The number of nitrogens with one attached hydrogen (secondary N) is 1. The van der Waals surface area contributed by atoms with Gasteiger partial charge in [0, 0.05) is 11.7 Å². The van der Waals surface area contributed by atoms with Crippen LogP contribution in [0.1, 0.15) is 30.9 Å². The topological polar surface area (TPSA) is 53.1 Å². The lowest BCUT2D eigenvalue weighted by Crippen LogP contribution is -2.17. The number of fused-ring (bicyclic) bond motifs is 1. The number of aryl methyl sites for hydroxylation is 1. The Morgan fingerprint density at radius 3 is 2.65 bits per heavy atom. The Kier molecular flexibility index (Phi) is 2.92. The highest BCUT2D eigenvalue weighted by atomic mass is 16.4. The molecule has 0 bridgehead atoms. The van der Waals surface area contributed by atoms with Crippen LogP contribution in [0.4, 0.5) is 0 Å². The van der Waals surface area contributed by atoms with Gasteiger partial charge in [0.25, 0.3) is 0 Å². The molecule has 2 rings (SSSR count). The number of hydrogen-bond donors (Lipinski definition) is 2. The summed E-state index contributed by atoms with van der Waals surface area (Å²) >= 11 is 0. The van der Waals surface area contributed by atoms with Crippen molar-refractivity contribution in [1.82, 2.24) is 4.98 Å². The molecule has 90 valence electrons. The van der Waals surface area contributed by atoms with E-state index in [1.807, 2.05) is 45.2 Å². The second kappa shape index (κ2) is 4.24. The molecule has 1 atom stereocenters. The van der Waals surface area contributed by atoms with Crippen molar-refractivity contribution in [2.24, 2.45) is 5.92 Å². The highest BCUT2D eigenvalue weighted by Crippen LogP contribution is 2.29. The largest absolute Gasteiger partial charge is 0.481 e. The van der Waals surface area contributed by atoms with Crippen molar-refractivity contribution >= 4 is 16.9 Å². The van der Waals surface area contributed by atoms with E-state index in [1.165, 1.54) is 0 Å². The van der Waals surface area contributed by atoms with Gasteiger partial charge in [-0.3, -0.25) is 4.79 Å². The summed E-state index contributed by atoms with van der Waals surface area (Å²) in [5.41, 5.74) is 3.06. The molecule has 3 nitrogen and oxygen atoms in total. The smallest absolute Gasteiger partial charge is 0.311 e. The van der Waals surface area contributed by atoms with Gasteiger partial charge >= 0.3 is 5.97 Å². The van der Waals surface area contributed by atoms with Crippen LogP contribution in [0.3, 0.4) is 0 Å². The monoisotopic (exact) mass is 231 g/mol. The summed E-state index contributed by atoms with van der Waals surface area (Å²) in [6, 6.07) is 5.92. The van der Waals surface area contributed by atoms with E-state index in [0.717, 1.165) is 22.0 Å². The number of aromatic nitrogens is 1. The third-order valence-corrected chi connectivity index (χ3v) is 3.17. The van der Waals surface area contributed by atoms with E-state index in [9.17, 15) is 9.90 Å². The van der Waals surface area contributed by atoms with Crippen molar-refractivity contribution in [3.63, 3.8) is 0 Å². The highest BCUT2D eigenvalue weighted by molar-refractivity contribution is 5.85. The summed E-state index contributed by atoms with van der Waals surface area (Å²) < 4.78 is 0. The van der Waals surface area contributed by atoms with Crippen molar-refractivity contribution < 1.29 is 9.90 Å². The summed E-state index contributed by atoms with van der Waals surface area (Å²) in [5.74, 6) is -1.11. The second-order valence-corrected chi connectivity index (χ2v) is 4.84. The average molecular weight is 231 g/mol. The zero-order valence-corrected chi connectivity index (χ0v) is 10.3. The van der Waals surface area contributed by atoms with Crippen LogP contribution >= 0.6 is 0 Å². The van der Waals surface area contributed by atoms with Crippen LogP contribution in [0.25, 0.3) is 10.9 Å². The van der Waals surface area contributed by atoms with Crippen molar-refractivity contribution in [2.45, 2.75) is 26.7 Å². The molecule has 3 heteroatoms. The number of carboxylic acid groups (broad SMARTS) is 1. The zero-order chi connectivity index (χ0) is 12.6. The second-order valence-electron chi connectivity index (χ2n) is 4.84. The maximum atomic E-state index is 11.3. The van der Waals surface area contributed by atoms with Gasteiger partial charge in [-0.1, -0.05) is 19.9 Å². The number of hydrogen-bond acceptors (Lipinski definition) is 1. The van der Waals surface area contributed by atoms with Gasteiger partial charge < -0.3 is 10.1 Å². The third-order valence-electron chi connectivity index (χ3n) is 3.17. The molecule has 2 N–H and O–H groups in total. The van der Waals surface area contributed by atoms with Crippen LogP contribution < -0.4 is 0 Å². The predicted octanol–water partition coefficient (Wildman–Crippen LogP) is 3.30. The predicted molar refractivity (Wildman–Crippen MR) is 68.3 cm³/mol. The standard InChI is InChI=1S/C14H17NO2/c1-8(2)12(14(16)17)11-6-9(3)13-10(7-11)4-5-15-13/h4-8,12,15H,1-3H3,(H,16,17). The summed E-state index contributed by atoms with van der Waals surface area (Å²) in [6.07, 6.45) is 1.88. The maximum absolute atomic E-state index is 11.3. The van der Waals surface area contributed by atoms with Gasteiger partial charge in [-0.25, -0.2) is 0 Å². The van der Waals surface area contributed by atoms with Gasteiger partial charge in [0.2, 0.25) is 0 Å². The molecule has 1 unspecified atom stereocenters. The molecule has 0 saturated carbocycles. The summed E-state index contributed by atoms with van der Waals surface area (Å²) in [5, 5.41) is 10.4. The van der Waals surface area contributed by atoms with Crippen molar-refractivity contribution in [3.05, 3.63) is 35.5 Å². The number of benzene rings is 1. The lowest BCUT2D eigenvalue weighted by atomic mass is 9.87. The van der Waals surface area contributed by atoms with E-state index in [-0.39, 0.29) is 5.92 Å². The molecule has 1 aromatic heterocycles. The number of H-pyrrole nitrogens is 1. The number of carboxylic acids is 1. The first-order chi connectivity index (χ1) is 8.00. The maximum Gasteiger partial charge on any atom is 0.311 e.